The van der Waals surface area contributed by atoms with E-state index in [2.05, 4.69) is 26.8 Å². The number of nitrogens with zero attached hydrogens (tertiary/aromatic N) is 1. The van der Waals surface area contributed by atoms with Crippen LogP contribution in [0.25, 0.3) is 0 Å². The summed E-state index contributed by atoms with van der Waals surface area (Å²) in [6.07, 6.45) is 3.24. The smallest absolute Gasteiger partial charge is 0.262 e. The van der Waals surface area contributed by atoms with Gasteiger partial charge in [0.1, 0.15) is 0 Å². The maximum atomic E-state index is 12.2. The van der Waals surface area contributed by atoms with Crippen molar-refractivity contribution < 1.29 is 13.5 Å². The van der Waals surface area contributed by atoms with Crippen LogP contribution in [0.2, 0.25) is 0 Å². The number of nitrogens with one attached hydrogen (secondary N) is 2. The first-order valence-corrected chi connectivity index (χ1v) is 7.73. The van der Waals surface area contributed by atoms with E-state index >= 15 is 0 Å². The lowest BCUT2D eigenvalue weighted by Crippen LogP contribution is -2.12. The number of aliphatic hydroxyl groups is 1. The summed E-state index contributed by atoms with van der Waals surface area (Å²) >= 11 is 0. The monoisotopic (exact) mass is 305 g/mol. The van der Waals surface area contributed by atoms with E-state index < -0.39 is 10.0 Å². The fourth-order valence-corrected chi connectivity index (χ4v) is 2.80. The van der Waals surface area contributed by atoms with Gasteiger partial charge in [0.05, 0.1) is 23.4 Å². The van der Waals surface area contributed by atoms with Crippen LogP contribution in [0.15, 0.2) is 35.5 Å². The summed E-state index contributed by atoms with van der Waals surface area (Å²) in [7, 11) is -3.65. The third-order valence-electron chi connectivity index (χ3n) is 2.72. The minimum Gasteiger partial charge on any atom is -0.395 e. The first-order chi connectivity index (χ1) is 10.0. The van der Waals surface area contributed by atoms with Gasteiger partial charge in [0.15, 0.2) is 0 Å². The Hall–Kier alpha value is -2.30. The highest BCUT2D eigenvalue weighted by molar-refractivity contribution is 7.92. The SMILES string of the molecule is Cc1cc(S(=O)(=O)Nc2cn[nH]c2)ccc1C#CCCO. The van der Waals surface area contributed by atoms with Gasteiger partial charge in [-0.3, -0.25) is 9.82 Å². The van der Waals surface area contributed by atoms with Crippen molar-refractivity contribution in [1.82, 2.24) is 10.2 Å². The molecule has 110 valence electrons. The van der Waals surface area contributed by atoms with Crippen LogP contribution in [0.3, 0.4) is 0 Å². The summed E-state index contributed by atoms with van der Waals surface area (Å²) < 4.78 is 26.8. The minimum atomic E-state index is -3.65. The molecule has 0 radical (unpaired) electrons. The van der Waals surface area contributed by atoms with Crippen LogP contribution in [-0.2, 0) is 10.0 Å². The summed E-state index contributed by atoms with van der Waals surface area (Å²) in [6.45, 7) is 1.80. The third kappa shape index (κ3) is 3.84. The molecule has 21 heavy (non-hydrogen) atoms. The summed E-state index contributed by atoms with van der Waals surface area (Å²) in [5, 5.41) is 14.9. The standard InChI is InChI=1S/C14H15N3O3S/c1-11-8-14(6-5-12(11)4-2-3-7-18)21(19,20)17-13-9-15-16-10-13/h5-6,8-10,17-18H,3,7H2,1H3,(H,15,16). The van der Waals surface area contributed by atoms with Crippen LogP contribution >= 0.6 is 0 Å². The van der Waals surface area contributed by atoms with Crippen molar-refractivity contribution in [3.8, 4) is 11.8 Å². The topological polar surface area (TPSA) is 95.1 Å². The lowest BCUT2D eigenvalue weighted by Gasteiger charge is -2.07. The van der Waals surface area contributed by atoms with Gasteiger partial charge in [0.25, 0.3) is 10.0 Å². The average molecular weight is 305 g/mol. The molecule has 0 bridgehead atoms. The second-order valence-corrected chi connectivity index (χ2v) is 6.03. The molecule has 2 aromatic rings. The zero-order valence-electron chi connectivity index (χ0n) is 11.4. The highest BCUT2D eigenvalue weighted by Crippen LogP contribution is 2.18. The molecule has 0 saturated carbocycles. The number of sulfonamides is 1. The molecule has 0 atom stereocenters. The Morgan fingerprint density at radius 2 is 2.24 bits per heavy atom. The molecule has 7 heteroatoms. The quantitative estimate of drug-likeness (QED) is 0.741. The van der Waals surface area contributed by atoms with Gasteiger partial charge in [-0.05, 0) is 30.7 Å². The zero-order valence-corrected chi connectivity index (χ0v) is 12.2. The van der Waals surface area contributed by atoms with Crippen LogP contribution in [-0.4, -0.2) is 30.3 Å². The van der Waals surface area contributed by atoms with Crippen LogP contribution < -0.4 is 4.72 Å². The van der Waals surface area contributed by atoms with Gasteiger partial charge in [-0.1, -0.05) is 11.8 Å². The van der Waals surface area contributed by atoms with Crippen molar-refractivity contribution in [3.63, 3.8) is 0 Å². The highest BCUT2D eigenvalue weighted by atomic mass is 32.2. The van der Waals surface area contributed by atoms with Crippen LogP contribution in [0.5, 0.6) is 0 Å². The highest BCUT2D eigenvalue weighted by Gasteiger charge is 2.15. The normalized spacial score (nSPS) is 10.8. The Morgan fingerprint density at radius 1 is 1.43 bits per heavy atom. The molecule has 0 fully saturated rings. The predicted molar refractivity (Wildman–Crippen MR) is 79.2 cm³/mol. The van der Waals surface area contributed by atoms with E-state index in [0.29, 0.717) is 12.1 Å². The van der Waals surface area contributed by atoms with E-state index in [4.69, 9.17) is 5.11 Å². The fourth-order valence-electron chi connectivity index (χ4n) is 1.68. The molecule has 0 spiro atoms. The Balaban J connectivity index is 2.25. The summed E-state index contributed by atoms with van der Waals surface area (Å²) in [6, 6.07) is 4.72. The molecule has 3 N–H and O–H groups in total. The van der Waals surface area contributed by atoms with Gasteiger partial charge in [-0.15, -0.1) is 0 Å². The second-order valence-electron chi connectivity index (χ2n) is 4.34. The molecule has 0 aliphatic heterocycles. The number of aliphatic hydroxyl groups excluding tert-OH is 1. The van der Waals surface area contributed by atoms with Crippen LogP contribution in [0, 0.1) is 18.8 Å². The van der Waals surface area contributed by atoms with Crippen molar-refractivity contribution in [1.29, 1.82) is 0 Å². The van der Waals surface area contributed by atoms with Crippen LogP contribution in [0.1, 0.15) is 17.5 Å². The van der Waals surface area contributed by atoms with Gasteiger partial charge in [-0.2, -0.15) is 5.10 Å². The Bertz CT molecular complexity index is 772. The van der Waals surface area contributed by atoms with Crippen molar-refractivity contribution >= 4 is 15.7 Å². The molecule has 0 amide bonds. The molecule has 0 saturated heterocycles. The van der Waals surface area contributed by atoms with E-state index in [-0.39, 0.29) is 11.5 Å². The number of H-pyrrole nitrogens is 1. The summed E-state index contributed by atoms with van der Waals surface area (Å²) in [4.78, 5) is 0.161. The van der Waals surface area contributed by atoms with Crippen LogP contribution in [0.4, 0.5) is 5.69 Å². The number of hydrogen-bond acceptors (Lipinski definition) is 4. The summed E-state index contributed by atoms with van der Waals surface area (Å²) in [5.74, 6) is 5.71. The van der Waals surface area contributed by atoms with E-state index in [0.717, 1.165) is 11.1 Å². The number of hydrogen-bond donors (Lipinski definition) is 3. The van der Waals surface area contributed by atoms with E-state index in [1.165, 1.54) is 18.5 Å². The van der Waals surface area contributed by atoms with E-state index in [1.807, 2.05) is 0 Å². The Morgan fingerprint density at radius 3 is 2.86 bits per heavy atom. The van der Waals surface area contributed by atoms with E-state index in [1.54, 1.807) is 19.1 Å². The first kappa shape index (κ1) is 15.1. The molecule has 1 aromatic carbocycles. The molecule has 6 nitrogen and oxygen atoms in total. The largest absolute Gasteiger partial charge is 0.395 e. The number of aromatic nitrogens is 2. The van der Waals surface area contributed by atoms with Crippen molar-refractivity contribution in [3.05, 3.63) is 41.7 Å². The number of aryl methyl sites for hydroxylation is 1. The Labute approximate surface area is 123 Å². The fraction of sp³-hybridized carbons (Fsp3) is 0.214. The number of aromatic amines is 1. The lowest BCUT2D eigenvalue weighted by atomic mass is 10.1. The Kier molecular flexibility index (Phi) is 4.62. The molecule has 0 aliphatic rings. The van der Waals surface area contributed by atoms with Gasteiger partial charge in [0.2, 0.25) is 0 Å². The molecule has 1 aromatic heterocycles. The van der Waals surface area contributed by atoms with E-state index in [9.17, 15) is 8.42 Å². The average Bonchev–Trinajstić information content (AvgIpc) is 2.93. The maximum Gasteiger partial charge on any atom is 0.262 e. The van der Waals surface area contributed by atoms with Gasteiger partial charge in [-0.25, -0.2) is 8.42 Å². The second kappa shape index (κ2) is 6.43. The number of anilines is 1. The molecule has 2 rings (SSSR count). The lowest BCUT2D eigenvalue weighted by molar-refractivity contribution is 0.305. The zero-order chi connectivity index (χ0) is 15.3. The van der Waals surface area contributed by atoms with Gasteiger partial charge in [0, 0.05) is 18.2 Å². The third-order valence-corrected chi connectivity index (χ3v) is 4.10. The molecule has 0 unspecified atom stereocenters. The maximum absolute atomic E-state index is 12.2. The molecular formula is C14H15N3O3S. The first-order valence-electron chi connectivity index (χ1n) is 6.25. The van der Waals surface area contributed by atoms with Gasteiger partial charge < -0.3 is 5.11 Å². The molecule has 1 heterocycles. The van der Waals surface area contributed by atoms with Crippen molar-refractivity contribution in [2.45, 2.75) is 18.2 Å². The molecule has 0 aliphatic carbocycles. The predicted octanol–water partition coefficient (Wildman–Crippen LogP) is 1.25. The van der Waals surface area contributed by atoms with Crippen molar-refractivity contribution in [2.75, 3.05) is 11.3 Å². The summed E-state index contributed by atoms with van der Waals surface area (Å²) in [5.41, 5.74) is 1.88. The minimum absolute atomic E-state index is 0.00707. The number of rotatable bonds is 4. The number of benzene rings is 1. The van der Waals surface area contributed by atoms with Gasteiger partial charge >= 0.3 is 0 Å². The molecular weight excluding hydrogens is 290 g/mol. The van der Waals surface area contributed by atoms with Crippen molar-refractivity contribution in [2.24, 2.45) is 0 Å².